The van der Waals surface area contributed by atoms with Crippen molar-refractivity contribution in [2.75, 3.05) is 24.5 Å². The summed E-state index contributed by atoms with van der Waals surface area (Å²) in [6.07, 6.45) is 4.86. The minimum Gasteiger partial charge on any atom is -0.487 e. The van der Waals surface area contributed by atoms with Crippen molar-refractivity contribution in [3.8, 4) is 5.75 Å². The highest BCUT2D eigenvalue weighted by atomic mass is 19.1. The van der Waals surface area contributed by atoms with Gasteiger partial charge in [-0.05, 0) is 76.2 Å². The molecule has 0 unspecified atom stereocenters. The number of piperidine rings is 1. The summed E-state index contributed by atoms with van der Waals surface area (Å²) in [5.74, 6) is 1.33. The number of nitrogens with zero attached hydrogens (tertiary/aromatic N) is 2. The Morgan fingerprint density at radius 2 is 1.84 bits per heavy atom. The number of fused-ring (bicyclic) bond motifs is 1. The van der Waals surface area contributed by atoms with Crippen LogP contribution in [0.1, 0.15) is 50.7 Å². The number of hydrogen-bond acceptors (Lipinski definition) is 3. The van der Waals surface area contributed by atoms with Crippen LogP contribution in [0, 0.1) is 17.7 Å². The Morgan fingerprint density at radius 1 is 1.09 bits per heavy atom. The maximum absolute atomic E-state index is 14.5. The summed E-state index contributed by atoms with van der Waals surface area (Å²) in [6, 6.07) is 13.2. The number of anilines is 1. The van der Waals surface area contributed by atoms with Crippen molar-refractivity contribution in [2.45, 2.75) is 58.1 Å². The van der Waals surface area contributed by atoms with Crippen molar-refractivity contribution in [1.29, 1.82) is 0 Å². The number of likely N-dealkylation sites (tertiary alicyclic amines) is 1. The van der Waals surface area contributed by atoms with E-state index in [1.165, 1.54) is 17.2 Å². The Bertz CT molecular complexity index is 993. The fourth-order valence-electron chi connectivity index (χ4n) is 5.16. The molecule has 0 bridgehead atoms. The Morgan fingerprint density at radius 3 is 2.56 bits per heavy atom. The molecule has 1 saturated heterocycles. The minimum atomic E-state index is -0.306. The molecule has 0 atom stereocenters. The van der Waals surface area contributed by atoms with Crippen LogP contribution in [0.5, 0.6) is 5.75 Å². The van der Waals surface area contributed by atoms with Crippen molar-refractivity contribution in [3.63, 3.8) is 0 Å². The molecular weight excluding hydrogens is 403 g/mol. The van der Waals surface area contributed by atoms with Gasteiger partial charge in [-0.2, -0.15) is 0 Å². The average Bonchev–Trinajstić information content (AvgIpc) is 3.56. The van der Waals surface area contributed by atoms with Gasteiger partial charge in [0.2, 0.25) is 5.91 Å². The second-order valence-electron chi connectivity index (χ2n) is 10.3. The zero-order chi connectivity index (χ0) is 22.3. The average molecular weight is 437 g/mol. The number of rotatable bonds is 6. The Balaban J connectivity index is 1.22. The van der Waals surface area contributed by atoms with Crippen LogP contribution < -0.4 is 9.64 Å². The quantitative estimate of drug-likeness (QED) is 0.624. The molecule has 2 aromatic carbocycles. The molecule has 1 amide bonds. The van der Waals surface area contributed by atoms with Crippen LogP contribution in [0.25, 0.3) is 0 Å². The first-order chi connectivity index (χ1) is 15.4. The Hall–Kier alpha value is -2.40. The van der Waals surface area contributed by atoms with E-state index in [2.05, 4.69) is 36.9 Å². The molecule has 0 N–H and O–H groups in total. The maximum Gasteiger partial charge on any atom is 0.230 e. The summed E-state index contributed by atoms with van der Waals surface area (Å²) in [7, 11) is 0. The normalized spacial score (nSPS) is 20.6. The van der Waals surface area contributed by atoms with Crippen LogP contribution >= 0.6 is 0 Å². The Labute approximate surface area is 190 Å². The van der Waals surface area contributed by atoms with Crippen molar-refractivity contribution in [3.05, 3.63) is 59.4 Å². The topological polar surface area (TPSA) is 32.8 Å². The third-order valence-electron chi connectivity index (χ3n) is 7.05. The molecule has 0 radical (unpaired) electrons. The Kier molecular flexibility index (Phi) is 5.70. The zero-order valence-corrected chi connectivity index (χ0v) is 19.1. The molecule has 5 heteroatoms. The molecule has 2 aromatic rings. The molecule has 1 saturated carbocycles. The van der Waals surface area contributed by atoms with E-state index in [0.717, 1.165) is 57.5 Å². The highest BCUT2D eigenvalue weighted by molar-refractivity contribution is 5.96. The third-order valence-corrected chi connectivity index (χ3v) is 7.05. The van der Waals surface area contributed by atoms with Gasteiger partial charge in [-0.1, -0.05) is 30.3 Å². The summed E-state index contributed by atoms with van der Waals surface area (Å²) in [5.41, 5.74) is 2.88. The highest BCUT2D eigenvalue weighted by Crippen LogP contribution is 2.39. The van der Waals surface area contributed by atoms with E-state index in [4.69, 9.17) is 4.74 Å². The maximum atomic E-state index is 14.5. The molecule has 2 fully saturated rings. The number of ether oxygens (including phenoxy) is 1. The van der Waals surface area contributed by atoms with E-state index in [9.17, 15) is 9.18 Å². The van der Waals surface area contributed by atoms with Gasteiger partial charge in [0, 0.05) is 31.0 Å². The fourth-order valence-corrected chi connectivity index (χ4v) is 5.16. The van der Waals surface area contributed by atoms with Gasteiger partial charge >= 0.3 is 0 Å². The van der Waals surface area contributed by atoms with E-state index in [0.29, 0.717) is 18.2 Å². The van der Waals surface area contributed by atoms with Gasteiger partial charge in [0.15, 0.2) is 0 Å². The highest BCUT2D eigenvalue weighted by Gasteiger charge is 2.36. The summed E-state index contributed by atoms with van der Waals surface area (Å²) < 4.78 is 20.7. The lowest BCUT2D eigenvalue weighted by molar-refractivity contribution is -0.120. The standard InChI is InChI=1S/C27H33FN2O2/c1-27(2)16-21-6-5-7-22(25(21)32-27)18-29-14-12-19(13-15-29)17-30(26(31)20-10-11-20)24-9-4-3-8-23(24)28/h3-9,19-20H,10-18H2,1-2H3. The predicted molar refractivity (Wildman–Crippen MR) is 124 cm³/mol. The molecule has 32 heavy (non-hydrogen) atoms. The van der Waals surface area contributed by atoms with Crippen LogP contribution in [-0.4, -0.2) is 36.0 Å². The van der Waals surface area contributed by atoms with E-state index >= 15 is 0 Å². The largest absolute Gasteiger partial charge is 0.487 e. The van der Waals surface area contributed by atoms with Crippen molar-refractivity contribution >= 4 is 11.6 Å². The molecule has 2 heterocycles. The number of hydrogen-bond donors (Lipinski definition) is 0. The van der Waals surface area contributed by atoms with Crippen LogP contribution in [0.2, 0.25) is 0 Å². The van der Waals surface area contributed by atoms with Gasteiger partial charge in [-0.15, -0.1) is 0 Å². The fraction of sp³-hybridized carbons (Fsp3) is 0.519. The number of carbonyl (C=O) groups excluding carboxylic acids is 1. The molecule has 0 aromatic heterocycles. The molecule has 170 valence electrons. The molecule has 2 aliphatic heterocycles. The molecule has 3 aliphatic rings. The summed E-state index contributed by atoms with van der Waals surface area (Å²) in [6.45, 7) is 7.77. The van der Waals surface area contributed by atoms with Gasteiger partial charge < -0.3 is 9.64 Å². The van der Waals surface area contributed by atoms with Crippen molar-refractivity contribution in [2.24, 2.45) is 11.8 Å². The minimum absolute atomic E-state index is 0.0825. The summed E-state index contributed by atoms with van der Waals surface area (Å²) in [5, 5.41) is 0. The monoisotopic (exact) mass is 436 g/mol. The molecule has 4 nitrogen and oxygen atoms in total. The second kappa shape index (κ2) is 8.51. The lowest BCUT2D eigenvalue weighted by Crippen LogP contribution is -2.41. The first kappa shape index (κ1) is 21.4. The van der Waals surface area contributed by atoms with Crippen molar-refractivity contribution < 1.29 is 13.9 Å². The summed E-state index contributed by atoms with van der Waals surface area (Å²) >= 11 is 0. The molecule has 0 spiro atoms. The van der Waals surface area contributed by atoms with Gasteiger partial charge in [0.1, 0.15) is 17.2 Å². The van der Waals surface area contributed by atoms with Crippen LogP contribution in [-0.2, 0) is 17.8 Å². The SMILES string of the molecule is CC1(C)Cc2cccc(CN3CCC(CN(C(=O)C4CC4)c4ccccc4F)CC3)c2O1. The smallest absolute Gasteiger partial charge is 0.230 e. The lowest BCUT2D eigenvalue weighted by Gasteiger charge is -2.35. The van der Waals surface area contributed by atoms with Crippen LogP contribution in [0.4, 0.5) is 10.1 Å². The van der Waals surface area contributed by atoms with E-state index in [1.54, 1.807) is 17.0 Å². The van der Waals surface area contributed by atoms with E-state index < -0.39 is 0 Å². The number of para-hydroxylation sites is 2. The van der Waals surface area contributed by atoms with Crippen molar-refractivity contribution in [1.82, 2.24) is 4.90 Å². The number of amides is 1. The third kappa shape index (κ3) is 4.54. The zero-order valence-electron chi connectivity index (χ0n) is 19.1. The predicted octanol–water partition coefficient (Wildman–Crippen LogP) is 5.19. The first-order valence-corrected chi connectivity index (χ1v) is 12.0. The summed E-state index contributed by atoms with van der Waals surface area (Å²) in [4.78, 5) is 17.1. The molecule has 5 rings (SSSR count). The van der Waals surface area contributed by atoms with Crippen LogP contribution in [0.3, 0.4) is 0 Å². The lowest BCUT2D eigenvalue weighted by atomic mass is 9.95. The molecule has 1 aliphatic carbocycles. The van der Waals surface area contributed by atoms with Gasteiger partial charge in [0.25, 0.3) is 0 Å². The second-order valence-corrected chi connectivity index (χ2v) is 10.3. The van der Waals surface area contributed by atoms with Gasteiger partial charge in [-0.3, -0.25) is 9.69 Å². The van der Waals surface area contributed by atoms with Gasteiger partial charge in [-0.25, -0.2) is 4.39 Å². The van der Waals surface area contributed by atoms with E-state index in [1.807, 2.05) is 6.07 Å². The van der Waals surface area contributed by atoms with E-state index in [-0.39, 0.29) is 23.2 Å². The van der Waals surface area contributed by atoms with Crippen LogP contribution in [0.15, 0.2) is 42.5 Å². The molecular formula is C27H33FN2O2. The number of carbonyl (C=O) groups is 1. The number of benzene rings is 2. The van der Waals surface area contributed by atoms with Gasteiger partial charge in [0.05, 0.1) is 5.69 Å². The number of halogens is 1. The first-order valence-electron chi connectivity index (χ1n) is 12.0.